The van der Waals surface area contributed by atoms with Gasteiger partial charge < -0.3 is 10.7 Å². The van der Waals surface area contributed by atoms with Gasteiger partial charge in [0.1, 0.15) is 0 Å². The first-order chi connectivity index (χ1) is 7.15. The van der Waals surface area contributed by atoms with Gasteiger partial charge in [-0.3, -0.25) is 4.57 Å². The van der Waals surface area contributed by atoms with Crippen LogP contribution in [0.5, 0.6) is 0 Å². The maximum atomic E-state index is 11.5. The number of fused-ring (bicyclic) bond motifs is 1. The molecule has 2 rings (SSSR count). The van der Waals surface area contributed by atoms with Gasteiger partial charge in [-0.05, 0) is 24.1 Å². The van der Waals surface area contributed by atoms with Crippen molar-refractivity contribution in [2.45, 2.75) is 12.8 Å². The van der Waals surface area contributed by atoms with Crippen molar-refractivity contribution < 1.29 is 0 Å². The van der Waals surface area contributed by atoms with Crippen LogP contribution in [0.3, 0.4) is 0 Å². The molecule has 0 amide bonds. The van der Waals surface area contributed by atoms with Crippen LogP contribution in [-0.2, 0) is 7.05 Å². The highest BCUT2D eigenvalue weighted by atomic mass is 16.1. The zero-order valence-electron chi connectivity index (χ0n) is 8.95. The van der Waals surface area contributed by atoms with Crippen molar-refractivity contribution in [1.82, 2.24) is 9.55 Å². The van der Waals surface area contributed by atoms with Crippen LogP contribution in [0.15, 0.2) is 23.0 Å². The second-order valence-corrected chi connectivity index (χ2v) is 3.87. The number of imidazole rings is 1. The number of aryl methyl sites for hydroxylation is 1. The minimum atomic E-state index is -0.0818. The number of H-pyrrole nitrogens is 1. The maximum absolute atomic E-state index is 11.5. The number of aromatic amines is 1. The van der Waals surface area contributed by atoms with Crippen molar-refractivity contribution >= 4 is 11.0 Å². The molecule has 0 aliphatic carbocycles. The van der Waals surface area contributed by atoms with E-state index in [1.54, 1.807) is 11.6 Å². The molecule has 1 atom stereocenters. The zero-order chi connectivity index (χ0) is 11.0. The average molecular weight is 205 g/mol. The summed E-state index contributed by atoms with van der Waals surface area (Å²) in [6.07, 6.45) is 0. The summed E-state index contributed by atoms with van der Waals surface area (Å²) in [6.45, 7) is 2.64. The molecule has 1 aromatic heterocycles. The minimum absolute atomic E-state index is 0.0818. The Morgan fingerprint density at radius 2 is 2.27 bits per heavy atom. The molecule has 0 saturated carbocycles. The molecule has 0 aliphatic heterocycles. The predicted molar refractivity (Wildman–Crippen MR) is 61.0 cm³/mol. The first kappa shape index (κ1) is 9.98. The van der Waals surface area contributed by atoms with Gasteiger partial charge in [-0.2, -0.15) is 0 Å². The largest absolute Gasteiger partial charge is 0.330 e. The summed E-state index contributed by atoms with van der Waals surface area (Å²) in [5.41, 5.74) is 8.53. The predicted octanol–water partition coefficient (Wildman–Crippen LogP) is 0.929. The van der Waals surface area contributed by atoms with Gasteiger partial charge in [0.2, 0.25) is 0 Å². The number of nitrogens with one attached hydrogen (secondary N) is 1. The van der Waals surface area contributed by atoms with E-state index in [9.17, 15) is 4.79 Å². The molecule has 3 N–H and O–H groups in total. The molecule has 2 aromatic rings. The van der Waals surface area contributed by atoms with Crippen molar-refractivity contribution in [3.63, 3.8) is 0 Å². The van der Waals surface area contributed by atoms with E-state index in [-0.39, 0.29) is 11.6 Å². The molecule has 0 radical (unpaired) electrons. The van der Waals surface area contributed by atoms with Gasteiger partial charge in [-0.25, -0.2) is 4.79 Å². The summed E-state index contributed by atoms with van der Waals surface area (Å²) in [5, 5.41) is 0. The van der Waals surface area contributed by atoms with E-state index in [0.717, 1.165) is 16.6 Å². The first-order valence-electron chi connectivity index (χ1n) is 5.03. The molecule has 15 heavy (non-hydrogen) atoms. The molecule has 1 heterocycles. The van der Waals surface area contributed by atoms with E-state index >= 15 is 0 Å². The van der Waals surface area contributed by atoms with Crippen LogP contribution in [0.25, 0.3) is 11.0 Å². The van der Waals surface area contributed by atoms with Crippen LogP contribution in [0.4, 0.5) is 0 Å². The van der Waals surface area contributed by atoms with Crippen molar-refractivity contribution in [3.05, 3.63) is 34.2 Å². The Labute approximate surface area is 87.7 Å². The zero-order valence-corrected chi connectivity index (χ0v) is 8.95. The molecular formula is C11H15N3O. The Balaban J connectivity index is 2.80. The van der Waals surface area contributed by atoms with Gasteiger partial charge in [-0.15, -0.1) is 0 Å². The third-order valence-corrected chi connectivity index (χ3v) is 2.83. The molecule has 1 aromatic carbocycles. The summed E-state index contributed by atoms with van der Waals surface area (Å²) in [4.78, 5) is 14.3. The number of rotatable bonds is 2. The van der Waals surface area contributed by atoms with Crippen LogP contribution in [0, 0.1) is 0 Å². The fraction of sp³-hybridized carbons (Fsp3) is 0.364. The Bertz CT molecular complexity index is 538. The van der Waals surface area contributed by atoms with Crippen LogP contribution in [0.2, 0.25) is 0 Å². The highest BCUT2D eigenvalue weighted by Gasteiger charge is 2.12. The van der Waals surface area contributed by atoms with E-state index in [1.807, 2.05) is 18.2 Å². The lowest BCUT2D eigenvalue weighted by atomic mass is 10.00. The summed E-state index contributed by atoms with van der Waals surface area (Å²) < 4.78 is 1.64. The topological polar surface area (TPSA) is 63.8 Å². The number of hydrogen-bond acceptors (Lipinski definition) is 2. The van der Waals surface area contributed by atoms with Crippen LogP contribution in [-0.4, -0.2) is 16.1 Å². The fourth-order valence-electron chi connectivity index (χ4n) is 1.86. The van der Waals surface area contributed by atoms with Crippen molar-refractivity contribution in [3.8, 4) is 0 Å². The molecule has 0 spiro atoms. The normalized spacial score (nSPS) is 13.3. The number of aromatic nitrogens is 2. The number of para-hydroxylation sites is 1. The Kier molecular flexibility index (Phi) is 2.36. The van der Waals surface area contributed by atoms with E-state index in [4.69, 9.17) is 5.73 Å². The van der Waals surface area contributed by atoms with E-state index in [1.165, 1.54) is 0 Å². The van der Waals surface area contributed by atoms with E-state index in [0.29, 0.717) is 6.54 Å². The fourth-order valence-corrected chi connectivity index (χ4v) is 1.86. The molecule has 4 heteroatoms. The van der Waals surface area contributed by atoms with Crippen LogP contribution >= 0.6 is 0 Å². The SMILES string of the molecule is CC(CN)c1cccc2[nH]c(=O)n(C)c12. The lowest BCUT2D eigenvalue weighted by Crippen LogP contribution is -2.14. The highest BCUT2D eigenvalue weighted by molar-refractivity contribution is 5.79. The smallest absolute Gasteiger partial charge is 0.326 e. The standard InChI is InChI=1S/C11H15N3O/c1-7(6-12)8-4-3-5-9-10(8)14(2)11(15)13-9/h3-5,7H,6,12H2,1-2H3,(H,13,15). The Morgan fingerprint density at radius 1 is 1.53 bits per heavy atom. The van der Waals surface area contributed by atoms with Crippen LogP contribution in [0.1, 0.15) is 18.4 Å². The second-order valence-electron chi connectivity index (χ2n) is 3.87. The third-order valence-electron chi connectivity index (χ3n) is 2.83. The maximum Gasteiger partial charge on any atom is 0.326 e. The number of nitrogens with two attached hydrogens (primary N) is 1. The molecule has 1 unspecified atom stereocenters. The van der Waals surface area contributed by atoms with Crippen molar-refractivity contribution in [2.75, 3.05) is 6.54 Å². The highest BCUT2D eigenvalue weighted by Crippen LogP contribution is 2.22. The van der Waals surface area contributed by atoms with Gasteiger partial charge in [-0.1, -0.05) is 19.1 Å². The van der Waals surface area contributed by atoms with Gasteiger partial charge in [0.25, 0.3) is 0 Å². The lowest BCUT2D eigenvalue weighted by Gasteiger charge is -2.10. The molecule has 4 nitrogen and oxygen atoms in total. The summed E-state index contributed by atoms with van der Waals surface area (Å²) in [6, 6.07) is 5.87. The lowest BCUT2D eigenvalue weighted by molar-refractivity contribution is 0.770. The Hall–Kier alpha value is -1.55. The molecule has 0 fully saturated rings. The number of hydrogen-bond donors (Lipinski definition) is 2. The quantitative estimate of drug-likeness (QED) is 0.766. The van der Waals surface area contributed by atoms with Crippen molar-refractivity contribution in [1.29, 1.82) is 0 Å². The monoisotopic (exact) mass is 205 g/mol. The number of benzene rings is 1. The van der Waals surface area contributed by atoms with E-state index in [2.05, 4.69) is 11.9 Å². The molecule has 80 valence electrons. The van der Waals surface area contributed by atoms with Gasteiger partial charge in [0.05, 0.1) is 11.0 Å². The third kappa shape index (κ3) is 1.47. The Morgan fingerprint density at radius 3 is 2.93 bits per heavy atom. The summed E-state index contributed by atoms with van der Waals surface area (Å²) in [7, 11) is 1.77. The molecular weight excluding hydrogens is 190 g/mol. The van der Waals surface area contributed by atoms with Crippen LogP contribution < -0.4 is 11.4 Å². The molecule has 0 saturated heterocycles. The molecule has 0 bridgehead atoms. The number of nitrogens with zero attached hydrogens (tertiary/aromatic N) is 1. The van der Waals surface area contributed by atoms with Gasteiger partial charge in [0.15, 0.2) is 0 Å². The summed E-state index contributed by atoms with van der Waals surface area (Å²) in [5.74, 6) is 0.259. The molecule has 0 aliphatic rings. The minimum Gasteiger partial charge on any atom is -0.330 e. The second kappa shape index (κ2) is 3.55. The average Bonchev–Trinajstić information content (AvgIpc) is 2.54. The van der Waals surface area contributed by atoms with Crippen molar-refractivity contribution in [2.24, 2.45) is 12.8 Å². The van der Waals surface area contributed by atoms with E-state index < -0.39 is 0 Å². The van der Waals surface area contributed by atoms with Gasteiger partial charge >= 0.3 is 5.69 Å². The summed E-state index contributed by atoms with van der Waals surface area (Å²) >= 11 is 0. The van der Waals surface area contributed by atoms with Gasteiger partial charge in [0, 0.05) is 7.05 Å². The first-order valence-corrected chi connectivity index (χ1v) is 5.03.